The van der Waals surface area contributed by atoms with Crippen molar-refractivity contribution in [2.75, 3.05) is 39.5 Å². The standard InChI is InChI=1S/C12H25NO3/c1-3-13(8-11(14)10-15-4-2)9-12-6-5-7-16-12/h11-12,14H,3-10H2,1-2H3. The minimum Gasteiger partial charge on any atom is -0.389 e. The third-order valence-corrected chi connectivity index (χ3v) is 2.92. The molecule has 0 aromatic heterocycles. The van der Waals surface area contributed by atoms with Gasteiger partial charge in [-0.1, -0.05) is 6.92 Å². The van der Waals surface area contributed by atoms with Gasteiger partial charge >= 0.3 is 0 Å². The molecule has 2 atom stereocenters. The number of rotatable bonds is 8. The molecule has 1 aliphatic heterocycles. The van der Waals surface area contributed by atoms with Crippen molar-refractivity contribution < 1.29 is 14.6 Å². The second-order valence-electron chi connectivity index (χ2n) is 4.30. The molecule has 1 rings (SSSR count). The van der Waals surface area contributed by atoms with E-state index in [1.54, 1.807) is 0 Å². The van der Waals surface area contributed by atoms with Gasteiger partial charge in [0.25, 0.3) is 0 Å². The molecule has 0 aromatic carbocycles. The maximum Gasteiger partial charge on any atom is 0.0900 e. The summed E-state index contributed by atoms with van der Waals surface area (Å²) < 4.78 is 10.8. The number of hydrogen-bond acceptors (Lipinski definition) is 4. The van der Waals surface area contributed by atoms with Crippen molar-refractivity contribution in [1.82, 2.24) is 4.90 Å². The van der Waals surface area contributed by atoms with Crippen molar-refractivity contribution in [3.8, 4) is 0 Å². The van der Waals surface area contributed by atoms with Gasteiger partial charge in [-0.2, -0.15) is 0 Å². The molecule has 16 heavy (non-hydrogen) atoms. The summed E-state index contributed by atoms with van der Waals surface area (Å²) in [5.41, 5.74) is 0. The third-order valence-electron chi connectivity index (χ3n) is 2.92. The van der Waals surface area contributed by atoms with E-state index in [1.807, 2.05) is 6.92 Å². The summed E-state index contributed by atoms with van der Waals surface area (Å²) in [6.45, 7) is 8.59. The lowest BCUT2D eigenvalue weighted by Gasteiger charge is -2.25. The van der Waals surface area contributed by atoms with E-state index >= 15 is 0 Å². The van der Waals surface area contributed by atoms with E-state index in [2.05, 4.69) is 11.8 Å². The van der Waals surface area contributed by atoms with Crippen molar-refractivity contribution >= 4 is 0 Å². The normalized spacial score (nSPS) is 22.9. The Labute approximate surface area is 98.5 Å². The number of aliphatic hydroxyl groups is 1. The van der Waals surface area contributed by atoms with E-state index in [1.165, 1.54) is 6.42 Å². The zero-order valence-electron chi connectivity index (χ0n) is 10.5. The number of likely N-dealkylation sites (N-methyl/N-ethyl adjacent to an activating group) is 1. The predicted octanol–water partition coefficient (Wildman–Crippen LogP) is 0.885. The van der Waals surface area contributed by atoms with Crippen LogP contribution in [0.15, 0.2) is 0 Å². The van der Waals surface area contributed by atoms with Crippen LogP contribution in [0.2, 0.25) is 0 Å². The lowest BCUT2D eigenvalue weighted by atomic mass is 10.2. The molecule has 96 valence electrons. The molecule has 1 aliphatic rings. The van der Waals surface area contributed by atoms with Crippen LogP contribution in [0.5, 0.6) is 0 Å². The van der Waals surface area contributed by atoms with Crippen molar-refractivity contribution in [2.24, 2.45) is 0 Å². The van der Waals surface area contributed by atoms with Crippen LogP contribution in [0, 0.1) is 0 Å². The fourth-order valence-electron chi connectivity index (χ4n) is 2.01. The van der Waals surface area contributed by atoms with Crippen LogP contribution in [0.1, 0.15) is 26.7 Å². The number of aliphatic hydroxyl groups excluding tert-OH is 1. The first-order valence-electron chi connectivity index (χ1n) is 6.36. The fourth-order valence-corrected chi connectivity index (χ4v) is 2.01. The van der Waals surface area contributed by atoms with Crippen molar-refractivity contribution in [2.45, 2.75) is 38.9 Å². The number of hydrogen-bond donors (Lipinski definition) is 1. The average Bonchev–Trinajstić information content (AvgIpc) is 2.78. The Bertz CT molecular complexity index is 172. The first kappa shape index (κ1) is 13.9. The summed E-state index contributed by atoms with van der Waals surface area (Å²) >= 11 is 0. The van der Waals surface area contributed by atoms with Crippen LogP contribution in [0.25, 0.3) is 0 Å². The predicted molar refractivity (Wildman–Crippen MR) is 63.6 cm³/mol. The highest BCUT2D eigenvalue weighted by Crippen LogP contribution is 2.13. The minimum absolute atomic E-state index is 0.360. The highest BCUT2D eigenvalue weighted by atomic mass is 16.5. The van der Waals surface area contributed by atoms with Crippen LogP contribution in [-0.2, 0) is 9.47 Å². The smallest absolute Gasteiger partial charge is 0.0900 e. The monoisotopic (exact) mass is 231 g/mol. The molecule has 1 N–H and O–H groups in total. The Kier molecular flexibility index (Phi) is 6.96. The molecule has 0 radical (unpaired) electrons. The van der Waals surface area contributed by atoms with Gasteiger partial charge in [0, 0.05) is 26.3 Å². The molecule has 4 nitrogen and oxygen atoms in total. The molecule has 1 heterocycles. The second-order valence-corrected chi connectivity index (χ2v) is 4.30. The third kappa shape index (κ3) is 5.25. The van der Waals surface area contributed by atoms with Gasteiger partial charge in [0.05, 0.1) is 18.8 Å². The molecule has 0 aliphatic carbocycles. The van der Waals surface area contributed by atoms with Crippen LogP contribution in [0.3, 0.4) is 0 Å². The summed E-state index contributed by atoms with van der Waals surface area (Å²) in [4.78, 5) is 2.24. The zero-order chi connectivity index (χ0) is 11.8. The Morgan fingerprint density at radius 2 is 2.31 bits per heavy atom. The van der Waals surface area contributed by atoms with Gasteiger partial charge in [-0.25, -0.2) is 0 Å². The van der Waals surface area contributed by atoms with Gasteiger partial charge in [0.2, 0.25) is 0 Å². The molecule has 0 bridgehead atoms. The van der Waals surface area contributed by atoms with Crippen molar-refractivity contribution in [3.63, 3.8) is 0 Å². The van der Waals surface area contributed by atoms with Crippen molar-refractivity contribution in [3.05, 3.63) is 0 Å². The molecule has 1 fully saturated rings. The maximum absolute atomic E-state index is 9.75. The molecule has 0 saturated carbocycles. The SMILES string of the molecule is CCOCC(O)CN(CC)CC1CCCO1. The topological polar surface area (TPSA) is 41.9 Å². The van der Waals surface area contributed by atoms with E-state index in [4.69, 9.17) is 9.47 Å². The van der Waals surface area contributed by atoms with E-state index < -0.39 is 0 Å². The van der Waals surface area contributed by atoms with Crippen LogP contribution in [0.4, 0.5) is 0 Å². The number of nitrogens with zero attached hydrogens (tertiary/aromatic N) is 1. The van der Waals surface area contributed by atoms with Gasteiger partial charge in [0.1, 0.15) is 0 Å². The van der Waals surface area contributed by atoms with Gasteiger partial charge in [-0.3, -0.25) is 4.90 Å². The molecular weight excluding hydrogens is 206 g/mol. The zero-order valence-corrected chi connectivity index (χ0v) is 10.5. The fraction of sp³-hybridized carbons (Fsp3) is 1.00. The van der Waals surface area contributed by atoms with Crippen LogP contribution < -0.4 is 0 Å². The lowest BCUT2D eigenvalue weighted by molar-refractivity contribution is 0.00868. The maximum atomic E-state index is 9.75. The second kappa shape index (κ2) is 8.01. The summed E-state index contributed by atoms with van der Waals surface area (Å²) in [5, 5.41) is 9.75. The van der Waals surface area contributed by atoms with Gasteiger partial charge in [-0.15, -0.1) is 0 Å². The Morgan fingerprint density at radius 3 is 2.88 bits per heavy atom. The van der Waals surface area contributed by atoms with E-state index in [0.29, 0.717) is 25.9 Å². The van der Waals surface area contributed by atoms with Crippen molar-refractivity contribution in [1.29, 1.82) is 0 Å². The summed E-state index contributed by atoms with van der Waals surface area (Å²) in [6.07, 6.45) is 2.29. The first-order valence-corrected chi connectivity index (χ1v) is 6.36. The highest BCUT2D eigenvalue weighted by Gasteiger charge is 2.19. The molecule has 0 spiro atoms. The largest absolute Gasteiger partial charge is 0.389 e. The van der Waals surface area contributed by atoms with Crippen LogP contribution in [-0.4, -0.2) is 61.7 Å². The summed E-state index contributed by atoms with van der Waals surface area (Å²) in [5.74, 6) is 0. The van der Waals surface area contributed by atoms with Gasteiger partial charge in [0.15, 0.2) is 0 Å². The summed E-state index contributed by atoms with van der Waals surface area (Å²) in [7, 11) is 0. The molecular formula is C12H25NO3. The molecule has 1 saturated heterocycles. The van der Waals surface area contributed by atoms with E-state index in [-0.39, 0.29) is 6.10 Å². The molecule has 2 unspecified atom stereocenters. The van der Waals surface area contributed by atoms with Crippen LogP contribution >= 0.6 is 0 Å². The minimum atomic E-state index is -0.388. The highest BCUT2D eigenvalue weighted by molar-refractivity contribution is 4.72. The quantitative estimate of drug-likeness (QED) is 0.673. The molecule has 0 amide bonds. The Morgan fingerprint density at radius 1 is 1.50 bits per heavy atom. The van der Waals surface area contributed by atoms with E-state index in [0.717, 1.165) is 26.1 Å². The Hall–Kier alpha value is -0.160. The lowest BCUT2D eigenvalue weighted by Crippen LogP contribution is -2.39. The molecule has 0 aromatic rings. The average molecular weight is 231 g/mol. The van der Waals surface area contributed by atoms with E-state index in [9.17, 15) is 5.11 Å². The molecule has 4 heteroatoms. The Balaban J connectivity index is 2.19. The van der Waals surface area contributed by atoms with Gasteiger partial charge < -0.3 is 14.6 Å². The summed E-state index contributed by atoms with van der Waals surface area (Å²) in [6, 6.07) is 0. The first-order chi connectivity index (χ1) is 7.76. The number of ether oxygens (including phenoxy) is 2. The van der Waals surface area contributed by atoms with Gasteiger partial charge in [-0.05, 0) is 26.3 Å².